The molecule has 3 nitrogen and oxygen atoms in total. The van der Waals surface area contributed by atoms with E-state index in [0.717, 1.165) is 18.2 Å². The van der Waals surface area contributed by atoms with Crippen LogP contribution in [0.3, 0.4) is 0 Å². The van der Waals surface area contributed by atoms with Crippen LogP contribution in [-0.4, -0.2) is 14.8 Å². The maximum Gasteiger partial charge on any atom is 0.217 e. The summed E-state index contributed by atoms with van der Waals surface area (Å²) in [7, 11) is 1.94. The number of hydrogen-bond donors (Lipinski definition) is 0. The Morgan fingerprint density at radius 1 is 1.57 bits per heavy atom. The second-order valence-corrected chi connectivity index (χ2v) is 4.65. The molecular weight excluding hydrogens is 242 g/mol. The number of hydrogen-bond acceptors (Lipinski definition) is 2. The first-order valence-corrected chi connectivity index (χ1v) is 5.72. The molecule has 1 atom stereocenters. The lowest BCUT2D eigenvalue weighted by Crippen LogP contribution is -2.05. The third-order valence-electron chi connectivity index (χ3n) is 2.70. The van der Waals surface area contributed by atoms with Crippen LogP contribution in [0.15, 0.2) is 10.8 Å². The minimum atomic E-state index is 0.675. The van der Waals surface area contributed by atoms with Crippen molar-refractivity contribution in [3.05, 3.63) is 16.6 Å². The summed E-state index contributed by atoms with van der Waals surface area (Å²) in [6.45, 7) is 2.29. The summed E-state index contributed by atoms with van der Waals surface area (Å²) in [6.07, 6.45) is 5.85. The highest BCUT2D eigenvalue weighted by Gasteiger charge is 2.15. The Kier molecular flexibility index (Phi) is 2.72. The van der Waals surface area contributed by atoms with Gasteiger partial charge in [-0.2, -0.15) is 0 Å². The van der Waals surface area contributed by atoms with Gasteiger partial charge >= 0.3 is 0 Å². The van der Waals surface area contributed by atoms with Crippen molar-refractivity contribution in [2.75, 3.05) is 0 Å². The zero-order chi connectivity index (χ0) is 10.1. The average molecular weight is 256 g/mol. The zero-order valence-electron chi connectivity index (χ0n) is 8.50. The lowest BCUT2D eigenvalue weighted by Gasteiger charge is -2.17. The van der Waals surface area contributed by atoms with Gasteiger partial charge in [0.15, 0.2) is 5.82 Å². The molecule has 1 aromatic heterocycles. The van der Waals surface area contributed by atoms with Gasteiger partial charge in [-0.1, -0.05) is 13.0 Å². The number of halogens is 1. The van der Waals surface area contributed by atoms with Crippen LogP contribution in [0, 0.1) is 5.92 Å². The standard InChI is InChI=1S/C10H14BrN3/c1-7-3-5-8(6-4-7)9-12-10(11)13-14(9)2/h5,7H,3-4,6H2,1-2H3. The van der Waals surface area contributed by atoms with Gasteiger partial charge in [-0.05, 0) is 46.7 Å². The third-order valence-corrected chi connectivity index (χ3v) is 3.03. The van der Waals surface area contributed by atoms with Crippen LogP contribution in [0.25, 0.3) is 5.57 Å². The molecule has 76 valence electrons. The lowest BCUT2D eigenvalue weighted by atomic mass is 9.91. The highest BCUT2D eigenvalue weighted by molar-refractivity contribution is 9.10. The maximum absolute atomic E-state index is 4.36. The Labute approximate surface area is 92.3 Å². The van der Waals surface area contributed by atoms with Crippen molar-refractivity contribution in [3.63, 3.8) is 0 Å². The Bertz CT molecular complexity index is 367. The summed E-state index contributed by atoms with van der Waals surface area (Å²) < 4.78 is 2.51. The van der Waals surface area contributed by atoms with E-state index < -0.39 is 0 Å². The summed E-state index contributed by atoms with van der Waals surface area (Å²) in [4.78, 5) is 4.36. The van der Waals surface area contributed by atoms with E-state index in [-0.39, 0.29) is 0 Å². The third kappa shape index (κ3) is 1.90. The molecule has 0 aromatic carbocycles. The summed E-state index contributed by atoms with van der Waals surface area (Å²) in [5, 5.41) is 4.19. The SMILES string of the molecule is CC1CC=C(c2nc(Br)nn2C)CC1. The molecule has 1 aliphatic rings. The summed E-state index contributed by atoms with van der Waals surface area (Å²) in [5.41, 5.74) is 1.34. The van der Waals surface area contributed by atoms with E-state index in [1.54, 1.807) is 0 Å². The number of aromatic nitrogens is 3. The molecule has 0 aliphatic heterocycles. The van der Waals surface area contributed by atoms with E-state index in [9.17, 15) is 0 Å². The predicted octanol–water partition coefficient (Wildman–Crippen LogP) is 2.78. The quantitative estimate of drug-likeness (QED) is 0.773. The van der Waals surface area contributed by atoms with Gasteiger partial charge in [0.25, 0.3) is 0 Å². The van der Waals surface area contributed by atoms with Crippen molar-refractivity contribution < 1.29 is 0 Å². The van der Waals surface area contributed by atoms with E-state index in [2.05, 4.69) is 39.0 Å². The number of nitrogens with zero attached hydrogens (tertiary/aromatic N) is 3. The fraction of sp³-hybridized carbons (Fsp3) is 0.600. The summed E-state index contributed by atoms with van der Waals surface area (Å²) in [5.74, 6) is 1.82. The number of aryl methyl sites for hydroxylation is 1. The fourth-order valence-corrected chi connectivity index (χ4v) is 2.21. The van der Waals surface area contributed by atoms with Crippen molar-refractivity contribution in [2.24, 2.45) is 13.0 Å². The van der Waals surface area contributed by atoms with Gasteiger partial charge in [0, 0.05) is 7.05 Å². The second-order valence-electron chi connectivity index (χ2n) is 3.94. The lowest BCUT2D eigenvalue weighted by molar-refractivity contribution is 0.531. The molecule has 0 fully saturated rings. The van der Waals surface area contributed by atoms with Gasteiger partial charge in [-0.3, -0.25) is 0 Å². The molecule has 0 radical (unpaired) electrons. The molecule has 14 heavy (non-hydrogen) atoms. The normalized spacial score (nSPS) is 22.2. The van der Waals surface area contributed by atoms with Crippen molar-refractivity contribution in [3.8, 4) is 0 Å². The van der Waals surface area contributed by atoms with Crippen molar-refractivity contribution in [2.45, 2.75) is 26.2 Å². The molecule has 0 N–H and O–H groups in total. The zero-order valence-corrected chi connectivity index (χ0v) is 10.1. The van der Waals surface area contributed by atoms with E-state index in [4.69, 9.17) is 0 Å². The fourth-order valence-electron chi connectivity index (χ4n) is 1.80. The van der Waals surface area contributed by atoms with Gasteiger partial charge in [0.1, 0.15) is 0 Å². The van der Waals surface area contributed by atoms with Crippen molar-refractivity contribution in [1.82, 2.24) is 14.8 Å². The Morgan fingerprint density at radius 3 is 2.86 bits per heavy atom. The largest absolute Gasteiger partial charge is 0.248 e. The van der Waals surface area contributed by atoms with Crippen molar-refractivity contribution in [1.29, 1.82) is 0 Å². The Morgan fingerprint density at radius 2 is 2.36 bits per heavy atom. The van der Waals surface area contributed by atoms with Crippen LogP contribution in [-0.2, 0) is 7.05 Å². The highest BCUT2D eigenvalue weighted by Crippen LogP contribution is 2.28. The van der Waals surface area contributed by atoms with Crippen LogP contribution in [0.1, 0.15) is 32.0 Å². The predicted molar refractivity (Wildman–Crippen MR) is 59.7 cm³/mol. The van der Waals surface area contributed by atoms with Crippen molar-refractivity contribution >= 4 is 21.5 Å². The van der Waals surface area contributed by atoms with Gasteiger partial charge in [0.2, 0.25) is 4.73 Å². The first kappa shape index (κ1) is 9.90. The smallest absolute Gasteiger partial charge is 0.217 e. The monoisotopic (exact) mass is 255 g/mol. The topological polar surface area (TPSA) is 30.7 Å². The first-order chi connectivity index (χ1) is 6.66. The number of rotatable bonds is 1. The van der Waals surface area contributed by atoms with E-state index >= 15 is 0 Å². The minimum absolute atomic E-state index is 0.675. The molecule has 2 rings (SSSR count). The van der Waals surface area contributed by atoms with E-state index in [1.807, 2.05) is 11.7 Å². The van der Waals surface area contributed by atoms with Crippen LogP contribution in [0.5, 0.6) is 0 Å². The van der Waals surface area contributed by atoms with Crippen LogP contribution in [0.2, 0.25) is 0 Å². The molecule has 4 heteroatoms. The van der Waals surface area contributed by atoms with Crippen LogP contribution in [0.4, 0.5) is 0 Å². The van der Waals surface area contributed by atoms with Gasteiger partial charge in [-0.15, -0.1) is 5.10 Å². The molecular formula is C10H14BrN3. The van der Waals surface area contributed by atoms with Crippen LogP contribution < -0.4 is 0 Å². The molecule has 0 spiro atoms. The van der Waals surface area contributed by atoms with Crippen LogP contribution >= 0.6 is 15.9 Å². The van der Waals surface area contributed by atoms with E-state index in [0.29, 0.717) is 4.73 Å². The number of allylic oxidation sites excluding steroid dienone is 2. The molecule has 1 unspecified atom stereocenters. The van der Waals surface area contributed by atoms with Gasteiger partial charge < -0.3 is 0 Å². The molecule has 0 bridgehead atoms. The summed E-state index contributed by atoms with van der Waals surface area (Å²) in [6, 6.07) is 0. The molecule has 1 aliphatic carbocycles. The maximum atomic E-state index is 4.36. The van der Waals surface area contributed by atoms with E-state index in [1.165, 1.54) is 18.4 Å². The average Bonchev–Trinajstić information content (AvgIpc) is 2.47. The second kappa shape index (κ2) is 3.85. The summed E-state index contributed by atoms with van der Waals surface area (Å²) >= 11 is 3.29. The molecule has 1 heterocycles. The minimum Gasteiger partial charge on any atom is -0.248 e. The van der Waals surface area contributed by atoms with Gasteiger partial charge in [0.05, 0.1) is 0 Å². The molecule has 0 amide bonds. The highest BCUT2D eigenvalue weighted by atomic mass is 79.9. The Balaban J connectivity index is 2.27. The first-order valence-electron chi connectivity index (χ1n) is 4.92. The Hall–Kier alpha value is -0.640. The molecule has 1 aromatic rings. The molecule has 0 saturated heterocycles. The van der Waals surface area contributed by atoms with Gasteiger partial charge in [-0.25, -0.2) is 9.67 Å². The molecule has 0 saturated carbocycles.